The summed E-state index contributed by atoms with van der Waals surface area (Å²) in [6, 6.07) is 16.3. The Morgan fingerprint density at radius 3 is 2.70 bits per heavy atom. The number of rotatable bonds is 5. The van der Waals surface area contributed by atoms with Crippen LogP contribution in [0.5, 0.6) is 5.75 Å². The van der Waals surface area contributed by atoms with E-state index in [1.807, 2.05) is 24.3 Å². The van der Waals surface area contributed by atoms with Gasteiger partial charge in [0.1, 0.15) is 12.3 Å². The zero-order valence-electron chi connectivity index (χ0n) is 13.5. The predicted octanol–water partition coefficient (Wildman–Crippen LogP) is 0.953. The average Bonchev–Trinajstić information content (AvgIpc) is 2.60. The molecule has 0 fully saturated rings. The monoisotopic (exact) mass is 311 g/mol. The van der Waals surface area contributed by atoms with E-state index in [0.717, 1.165) is 30.8 Å². The highest BCUT2D eigenvalue weighted by Gasteiger charge is 2.21. The van der Waals surface area contributed by atoms with Crippen molar-refractivity contribution < 1.29 is 14.4 Å². The molecule has 1 aliphatic rings. The summed E-state index contributed by atoms with van der Waals surface area (Å²) in [7, 11) is 1.65. The molecule has 0 aliphatic carbocycles. The summed E-state index contributed by atoms with van der Waals surface area (Å²) in [6.07, 6.45) is 1.05. The Balaban J connectivity index is 1.52. The molecule has 1 amide bonds. The Hall–Kier alpha value is -2.33. The van der Waals surface area contributed by atoms with Crippen LogP contribution in [-0.2, 0) is 24.3 Å². The zero-order valence-corrected chi connectivity index (χ0v) is 13.5. The fourth-order valence-corrected chi connectivity index (χ4v) is 3.13. The maximum atomic E-state index is 12.2. The summed E-state index contributed by atoms with van der Waals surface area (Å²) in [6.45, 7) is 2.97. The second-order valence-electron chi connectivity index (χ2n) is 5.96. The highest BCUT2D eigenvalue weighted by atomic mass is 16.5. The topological polar surface area (TPSA) is 42.8 Å². The molecule has 2 N–H and O–H groups in total. The summed E-state index contributed by atoms with van der Waals surface area (Å²) < 4.78 is 5.31. The first-order chi connectivity index (χ1) is 11.3. The smallest absolute Gasteiger partial charge is 0.275 e. The number of carbonyl (C=O) groups excluding carboxylic acids is 1. The lowest BCUT2D eigenvalue weighted by molar-refractivity contribution is -0.908. The highest BCUT2D eigenvalue weighted by molar-refractivity contribution is 5.76. The number of hydrogen-bond acceptors (Lipinski definition) is 2. The van der Waals surface area contributed by atoms with Gasteiger partial charge < -0.3 is 15.0 Å². The van der Waals surface area contributed by atoms with Crippen LogP contribution in [0.2, 0.25) is 0 Å². The molecule has 0 bridgehead atoms. The molecule has 0 aromatic heterocycles. The van der Waals surface area contributed by atoms with Gasteiger partial charge in [0.25, 0.3) is 5.91 Å². The minimum atomic E-state index is 0.0882. The molecule has 120 valence electrons. The molecule has 1 unspecified atom stereocenters. The number of hydrogen-bond donors (Lipinski definition) is 2. The second kappa shape index (κ2) is 7.29. The van der Waals surface area contributed by atoms with Crippen LogP contribution in [0, 0.1) is 0 Å². The summed E-state index contributed by atoms with van der Waals surface area (Å²) in [5, 5.41) is 3.01. The fraction of sp³-hybridized carbons (Fsp3) is 0.316. The van der Waals surface area contributed by atoms with Crippen molar-refractivity contribution in [2.45, 2.75) is 19.5 Å². The number of methoxy groups -OCH3 is 1. The Bertz CT molecular complexity index is 685. The third-order valence-corrected chi connectivity index (χ3v) is 4.39. The van der Waals surface area contributed by atoms with Gasteiger partial charge in [0.15, 0.2) is 6.54 Å². The minimum Gasteiger partial charge on any atom is -0.496 e. The van der Waals surface area contributed by atoms with E-state index in [0.29, 0.717) is 13.1 Å². The van der Waals surface area contributed by atoms with Crippen molar-refractivity contribution in [2.24, 2.45) is 0 Å². The van der Waals surface area contributed by atoms with Crippen molar-refractivity contribution in [3.63, 3.8) is 0 Å². The van der Waals surface area contributed by atoms with Crippen LogP contribution in [0.3, 0.4) is 0 Å². The molecule has 0 spiro atoms. The first kappa shape index (κ1) is 15.6. The van der Waals surface area contributed by atoms with E-state index in [-0.39, 0.29) is 5.91 Å². The number of carbonyl (C=O) groups is 1. The lowest BCUT2D eigenvalue weighted by atomic mass is 10.00. The molecule has 0 radical (unpaired) electrons. The van der Waals surface area contributed by atoms with E-state index in [1.54, 1.807) is 7.11 Å². The second-order valence-corrected chi connectivity index (χ2v) is 5.96. The Morgan fingerprint density at radius 2 is 1.87 bits per heavy atom. The van der Waals surface area contributed by atoms with Gasteiger partial charge in [0.2, 0.25) is 0 Å². The van der Waals surface area contributed by atoms with Gasteiger partial charge in [-0.25, -0.2) is 0 Å². The van der Waals surface area contributed by atoms with Gasteiger partial charge in [-0.15, -0.1) is 0 Å². The van der Waals surface area contributed by atoms with Gasteiger partial charge >= 0.3 is 0 Å². The van der Waals surface area contributed by atoms with Gasteiger partial charge in [-0.05, 0) is 11.6 Å². The predicted molar refractivity (Wildman–Crippen MR) is 89.4 cm³/mol. The molecule has 0 saturated carbocycles. The number of benzene rings is 2. The first-order valence-corrected chi connectivity index (χ1v) is 8.05. The molecule has 4 heteroatoms. The minimum absolute atomic E-state index is 0.0882. The Morgan fingerprint density at radius 1 is 1.13 bits per heavy atom. The van der Waals surface area contributed by atoms with Crippen molar-refractivity contribution in [2.75, 3.05) is 20.2 Å². The molecular weight excluding hydrogens is 288 g/mol. The zero-order chi connectivity index (χ0) is 16.1. The summed E-state index contributed by atoms with van der Waals surface area (Å²) in [5.41, 5.74) is 3.79. The molecule has 1 atom stereocenters. The van der Waals surface area contributed by atoms with Gasteiger partial charge in [-0.3, -0.25) is 4.79 Å². The summed E-state index contributed by atoms with van der Waals surface area (Å²) in [5.74, 6) is 0.900. The molecule has 0 saturated heterocycles. The van der Waals surface area contributed by atoms with Crippen LogP contribution in [0.15, 0.2) is 48.5 Å². The molecule has 3 rings (SSSR count). The third kappa shape index (κ3) is 3.90. The number of fused-ring (bicyclic) bond motifs is 1. The number of amides is 1. The van der Waals surface area contributed by atoms with Gasteiger partial charge in [0.05, 0.1) is 13.7 Å². The van der Waals surface area contributed by atoms with Gasteiger partial charge in [0, 0.05) is 24.1 Å². The summed E-state index contributed by atoms with van der Waals surface area (Å²) >= 11 is 0. The standard InChI is InChI=1S/C19H22N2O2/c1-23-18-9-5-4-7-16(18)12-20-19(22)14-21-11-10-15-6-2-3-8-17(15)13-21/h2-9H,10-14H2,1H3,(H,20,22)/p+1. The Kier molecular flexibility index (Phi) is 4.93. The van der Waals surface area contributed by atoms with Crippen molar-refractivity contribution in [1.82, 2.24) is 5.32 Å². The van der Waals surface area contributed by atoms with E-state index < -0.39 is 0 Å². The van der Waals surface area contributed by atoms with E-state index in [9.17, 15) is 4.79 Å². The molecular formula is C19H23N2O2+. The first-order valence-electron chi connectivity index (χ1n) is 8.05. The lowest BCUT2D eigenvalue weighted by Gasteiger charge is -2.25. The number of para-hydroxylation sites is 1. The van der Waals surface area contributed by atoms with Crippen molar-refractivity contribution in [3.05, 3.63) is 65.2 Å². The van der Waals surface area contributed by atoms with Crippen molar-refractivity contribution >= 4 is 5.91 Å². The number of ether oxygens (including phenoxy) is 1. The van der Waals surface area contributed by atoms with Crippen LogP contribution in [-0.4, -0.2) is 26.1 Å². The molecule has 1 aliphatic heterocycles. The SMILES string of the molecule is COc1ccccc1CNC(=O)C[NH+]1CCc2ccccc2C1. The van der Waals surface area contributed by atoms with Crippen LogP contribution < -0.4 is 15.0 Å². The summed E-state index contributed by atoms with van der Waals surface area (Å²) in [4.78, 5) is 13.5. The molecule has 2 aromatic carbocycles. The van der Waals surface area contributed by atoms with E-state index in [4.69, 9.17) is 4.74 Å². The van der Waals surface area contributed by atoms with E-state index >= 15 is 0 Å². The third-order valence-electron chi connectivity index (χ3n) is 4.39. The maximum Gasteiger partial charge on any atom is 0.275 e. The normalized spacial score (nSPS) is 16.5. The number of quaternary nitrogens is 1. The molecule has 23 heavy (non-hydrogen) atoms. The molecule has 1 heterocycles. The Labute approximate surface area is 137 Å². The van der Waals surface area contributed by atoms with E-state index in [1.165, 1.54) is 16.0 Å². The lowest BCUT2D eigenvalue weighted by Crippen LogP contribution is -3.12. The van der Waals surface area contributed by atoms with Crippen LogP contribution >= 0.6 is 0 Å². The highest BCUT2D eigenvalue weighted by Crippen LogP contribution is 2.16. The van der Waals surface area contributed by atoms with Crippen LogP contribution in [0.25, 0.3) is 0 Å². The van der Waals surface area contributed by atoms with Crippen LogP contribution in [0.4, 0.5) is 0 Å². The van der Waals surface area contributed by atoms with Crippen molar-refractivity contribution in [3.8, 4) is 5.75 Å². The average molecular weight is 311 g/mol. The van der Waals surface area contributed by atoms with E-state index in [2.05, 4.69) is 29.6 Å². The van der Waals surface area contributed by atoms with Gasteiger partial charge in [-0.2, -0.15) is 0 Å². The van der Waals surface area contributed by atoms with Gasteiger partial charge in [-0.1, -0.05) is 42.5 Å². The van der Waals surface area contributed by atoms with Crippen molar-refractivity contribution in [1.29, 1.82) is 0 Å². The van der Waals surface area contributed by atoms with Crippen LogP contribution in [0.1, 0.15) is 16.7 Å². The molecule has 2 aromatic rings. The largest absolute Gasteiger partial charge is 0.496 e. The maximum absolute atomic E-state index is 12.2. The number of nitrogens with one attached hydrogen (secondary N) is 2. The molecule has 4 nitrogen and oxygen atoms in total. The quantitative estimate of drug-likeness (QED) is 0.863. The fourth-order valence-electron chi connectivity index (χ4n) is 3.13.